The van der Waals surface area contributed by atoms with Gasteiger partial charge in [0.2, 0.25) is 0 Å². The average Bonchev–Trinajstić information content (AvgIpc) is 2.63. The Bertz CT molecular complexity index is 748. The fourth-order valence-corrected chi connectivity index (χ4v) is 5.78. The Morgan fingerprint density at radius 1 is 1.15 bits per heavy atom. The highest BCUT2D eigenvalue weighted by Crippen LogP contribution is 2.32. The summed E-state index contributed by atoms with van der Waals surface area (Å²) in [5.74, 6) is 1.89. The molecule has 0 saturated carbocycles. The number of fused-ring (bicyclic) bond motifs is 1. The highest BCUT2D eigenvalue weighted by Gasteiger charge is 2.34. The number of piperidine rings is 1. The molecule has 3 heterocycles. The summed E-state index contributed by atoms with van der Waals surface area (Å²) in [7, 11) is -1.33. The molecule has 1 saturated heterocycles. The van der Waals surface area contributed by atoms with Crippen molar-refractivity contribution in [2.24, 2.45) is 0 Å². The van der Waals surface area contributed by atoms with Crippen LogP contribution in [0.3, 0.4) is 0 Å². The summed E-state index contributed by atoms with van der Waals surface area (Å²) in [6.07, 6.45) is 3.94. The minimum atomic E-state index is -3.40. The number of aryl methyl sites for hydroxylation is 1. The molecule has 1 atom stereocenters. The van der Waals surface area contributed by atoms with E-state index in [9.17, 15) is 8.42 Å². The first-order valence-corrected chi connectivity index (χ1v) is 11.1. The fourth-order valence-electron chi connectivity index (χ4n) is 4.07. The predicted molar refractivity (Wildman–Crippen MR) is 104 cm³/mol. The van der Waals surface area contributed by atoms with Crippen LogP contribution in [0.4, 0.5) is 5.82 Å². The van der Waals surface area contributed by atoms with Crippen LogP contribution in [0.15, 0.2) is 0 Å². The predicted octanol–water partition coefficient (Wildman–Crippen LogP) is 1.93. The maximum absolute atomic E-state index is 12.9. The molecule has 1 fully saturated rings. The van der Waals surface area contributed by atoms with Crippen molar-refractivity contribution in [3.63, 3.8) is 0 Å². The van der Waals surface area contributed by atoms with Crippen molar-refractivity contribution in [2.75, 3.05) is 44.7 Å². The van der Waals surface area contributed by atoms with Crippen LogP contribution in [0, 0.1) is 6.92 Å². The van der Waals surface area contributed by atoms with Gasteiger partial charge in [0.05, 0.1) is 0 Å². The molecular formula is C18H31N5O2S. The van der Waals surface area contributed by atoms with E-state index < -0.39 is 10.2 Å². The first kappa shape index (κ1) is 19.5. The van der Waals surface area contributed by atoms with Crippen LogP contribution in [0.1, 0.15) is 56.1 Å². The molecule has 7 nitrogen and oxygen atoms in total. The fraction of sp³-hybridized carbons (Fsp3) is 0.778. The minimum Gasteiger partial charge on any atom is -0.359 e. The molecule has 8 heteroatoms. The normalized spacial score (nSPS) is 21.9. The van der Waals surface area contributed by atoms with Crippen LogP contribution in [0.5, 0.6) is 0 Å². The molecule has 0 unspecified atom stereocenters. The summed E-state index contributed by atoms with van der Waals surface area (Å²) >= 11 is 0. The van der Waals surface area contributed by atoms with Gasteiger partial charge in [-0.25, -0.2) is 9.97 Å². The van der Waals surface area contributed by atoms with E-state index in [1.54, 1.807) is 4.31 Å². The van der Waals surface area contributed by atoms with Crippen molar-refractivity contribution in [3.8, 4) is 0 Å². The van der Waals surface area contributed by atoms with Gasteiger partial charge >= 0.3 is 0 Å². The summed E-state index contributed by atoms with van der Waals surface area (Å²) in [5, 5.41) is 0. The van der Waals surface area contributed by atoms with Crippen molar-refractivity contribution in [2.45, 2.75) is 52.4 Å². The Morgan fingerprint density at radius 2 is 1.88 bits per heavy atom. The van der Waals surface area contributed by atoms with Gasteiger partial charge < -0.3 is 4.90 Å². The van der Waals surface area contributed by atoms with E-state index in [2.05, 4.69) is 18.9 Å². The minimum absolute atomic E-state index is 0.0633. The topological polar surface area (TPSA) is 69.6 Å². The summed E-state index contributed by atoms with van der Waals surface area (Å²) in [6.45, 7) is 8.88. The lowest BCUT2D eigenvalue weighted by molar-refractivity contribution is 0.283. The first-order chi connectivity index (χ1) is 12.4. The molecule has 0 amide bonds. The van der Waals surface area contributed by atoms with Crippen molar-refractivity contribution in [1.29, 1.82) is 0 Å². The molecule has 0 spiro atoms. The number of nitrogens with zero attached hydrogens (tertiary/aromatic N) is 5. The van der Waals surface area contributed by atoms with Crippen molar-refractivity contribution in [1.82, 2.24) is 18.6 Å². The molecule has 0 aromatic carbocycles. The second-order valence-electron chi connectivity index (χ2n) is 7.28. The van der Waals surface area contributed by atoms with E-state index >= 15 is 0 Å². The molecule has 0 N–H and O–H groups in total. The molecule has 1 aromatic rings. The molecule has 26 heavy (non-hydrogen) atoms. The lowest BCUT2D eigenvalue weighted by atomic mass is 9.97. The quantitative estimate of drug-likeness (QED) is 0.779. The van der Waals surface area contributed by atoms with Crippen LogP contribution >= 0.6 is 0 Å². The Labute approximate surface area is 157 Å². The van der Waals surface area contributed by atoms with Crippen LogP contribution in [0.2, 0.25) is 0 Å². The van der Waals surface area contributed by atoms with Crippen LogP contribution in [-0.4, -0.2) is 66.8 Å². The highest BCUT2D eigenvalue weighted by molar-refractivity contribution is 7.86. The third-order valence-corrected chi connectivity index (χ3v) is 7.75. The van der Waals surface area contributed by atoms with E-state index in [1.165, 1.54) is 9.87 Å². The van der Waals surface area contributed by atoms with Gasteiger partial charge in [-0.05, 0) is 32.6 Å². The number of rotatable bonds is 5. The number of hydrogen-bond acceptors (Lipinski definition) is 5. The van der Waals surface area contributed by atoms with E-state index in [1.807, 2.05) is 13.8 Å². The van der Waals surface area contributed by atoms with Gasteiger partial charge in [-0.1, -0.05) is 13.8 Å². The smallest absolute Gasteiger partial charge is 0.281 e. The third kappa shape index (κ3) is 3.59. The van der Waals surface area contributed by atoms with Gasteiger partial charge in [-0.3, -0.25) is 0 Å². The standard InChI is InChI=1S/C18H31N5O2S/c1-5-22(6-2)26(24,25)23-12-7-9-15(13-23)17-19-14(3)16-10-8-11-21(4)18(16)20-17/h15H,5-13H2,1-4H3/t15-/m1/s1. The second-order valence-corrected chi connectivity index (χ2v) is 9.21. The Kier molecular flexibility index (Phi) is 5.84. The van der Waals surface area contributed by atoms with Gasteiger partial charge in [-0.15, -0.1) is 0 Å². The van der Waals surface area contributed by atoms with Crippen LogP contribution in [0.25, 0.3) is 0 Å². The highest BCUT2D eigenvalue weighted by atomic mass is 32.2. The molecular weight excluding hydrogens is 350 g/mol. The van der Waals surface area contributed by atoms with Gasteiger partial charge in [0.15, 0.2) is 0 Å². The van der Waals surface area contributed by atoms with Crippen LogP contribution in [-0.2, 0) is 16.6 Å². The van der Waals surface area contributed by atoms with Gasteiger partial charge in [0, 0.05) is 56.9 Å². The Balaban J connectivity index is 1.86. The number of aromatic nitrogens is 2. The molecule has 0 bridgehead atoms. The molecule has 146 valence electrons. The molecule has 0 radical (unpaired) electrons. The molecule has 3 rings (SSSR count). The number of anilines is 1. The summed E-state index contributed by atoms with van der Waals surface area (Å²) in [4.78, 5) is 11.8. The zero-order chi connectivity index (χ0) is 18.9. The maximum atomic E-state index is 12.9. The van der Waals surface area contributed by atoms with E-state index in [0.29, 0.717) is 26.2 Å². The van der Waals surface area contributed by atoms with Crippen LogP contribution < -0.4 is 4.90 Å². The SMILES string of the molecule is CCN(CC)S(=O)(=O)N1CCC[C@@H](c2nc(C)c3c(n2)N(C)CCC3)C1. The summed E-state index contributed by atoms with van der Waals surface area (Å²) in [6, 6.07) is 0. The lowest BCUT2D eigenvalue weighted by Crippen LogP contribution is -2.47. The first-order valence-electron chi connectivity index (χ1n) is 9.72. The van der Waals surface area contributed by atoms with Crippen molar-refractivity contribution < 1.29 is 8.42 Å². The van der Waals surface area contributed by atoms with E-state index in [4.69, 9.17) is 9.97 Å². The molecule has 2 aliphatic heterocycles. The molecule has 0 aliphatic carbocycles. The zero-order valence-corrected chi connectivity index (χ0v) is 17.2. The maximum Gasteiger partial charge on any atom is 0.281 e. The van der Waals surface area contributed by atoms with Crippen molar-refractivity contribution >= 4 is 16.0 Å². The second kappa shape index (κ2) is 7.78. The van der Waals surface area contributed by atoms with E-state index in [0.717, 1.165) is 49.6 Å². The Morgan fingerprint density at radius 3 is 2.58 bits per heavy atom. The average molecular weight is 382 g/mol. The van der Waals surface area contributed by atoms with Gasteiger partial charge in [-0.2, -0.15) is 17.0 Å². The van der Waals surface area contributed by atoms with Crippen molar-refractivity contribution in [3.05, 3.63) is 17.1 Å². The Hall–Kier alpha value is -1.25. The monoisotopic (exact) mass is 381 g/mol. The summed E-state index contributed by atoms with van der Waals surface area (Å²) in [5.41, 5.74) is 2.28. The lowest BCUT2D eigenvalue weighted by Gasteiger charge is -2.35. The largest absolute Gasteiger partial charge is 0.359 e. The zero-order valence-electron chi connectivity index (χ0n) is 16.4. The molecule has 1 aromatic heterocycles. The summed E-state index contributed by atoms with van der Waals surface area (Å²) < 4.78 is 28.9. The van der Waals surface area contributed by atoms with Gasteiger partial charge in [0.25, 0.3) is 10.2 Å². The third-order valence-electron chi connectivity index (χ3n) is 5.60. The van der Waals surface area contributed by atoms with Gasteiger partial charge in [0.1, 0.15) is 11.6 Å². The van der Waals surface area contributed by atoms with E-state index in [-0.39, 0.29) is 5.92 Å². The molecule has 2 aliphatic rings. The number of hydrogen-bond donors (Lipinski definition) is 0.